The van der Waals surface area contributed by atoms with E-state index in [4.69, 9.17) is 10.5 Å². The molecule has 4 atom stereocenters. The van der Waals surface area contributed by atoms with Gasteiger partial charge in [0.2, 0.25) is 11.8 Å². The van der Waals surface area contributed by atoms with Crippen LogP contribution in [-0.2, 0) is 27.2 Å². The smallest absolute Gasteiger partial charge is 0.384 e. The van der Waals surface area contributed by atoms with E-state index in [-0.39, 0.29) is 29.9 Å². The summed E-state index contributed by atoms with van der Waals surface area (Å²) in [6, 6.07) is 9.67. The van der Waals surface area contributed by atoms with Crippen molar-refractivity contribution in [3.63, 3.8) is 0 Å². The Hall–Kier alpha value is -4.21. The highest BCUT2D eigenvalue weighted by Crippen LogP contribution is 2.21. The van der Waals surface area contributed by atoms with Gasteiger partial charge in [-0.05, 0) is 86.4 Å². The van der Waals surface area contributed by atoms with Gasteiger partial charge in [-0.1, -0.05) is 32.4 Å². The van der Waals surface area contributed by atoms with Gasteiger partial charge >= 0.3 is 6.18 Å². The Labute approximate surface area is 308 Å². The monoisotopic (exact) mass is 749 g/mol. The first kappa shape index (κ1) is 43.2. The molecule has 1 aromatic carbocycles. The number of aryl methyl sites for hydroxylation is 1. The van der Waals surface area contributed by atoms with E-state index in [1.165, 1.54) is 0 Å². The van der Waals surface area contributed by atoms with Gasteiger partial charge in [0, 0.05) is 43.6 Å². The molecular weight excluding hydrogens is 697 g/mol. The van der Waals surface area contributed by atoms with Crippen molar-refractivity contribution in [3.8, 4) is 0 Å². The van der Waals surface area contributed by atoms with Crippen LogP contribution in [0.3, 0.4) is 0 Å². The van der Waals surface area contributed by atoms with E-state index in [1.54, 1.807) is 31.5 Å². The Morgan fingerprint density at radius 3 is 2.23 bits per heavy atom. The molecule has 53 heavy (non-hydrogen) atoms. The Morgan fingerprint density at radius 2 is 1.64 bits per heavy atom. The third kappa shape index (κ3) is 16.6. The molecule has 0 aliphatic carbocycles. The van der Waals surface area contributed by atoms with Gasteiger partial charge in [0.1, 0.15) is 29.3 Å². The Bertz CT molecular complexity index is 1530. The van der Waals surface area contributed by atoms with Crippen molar-refractivity contribution < 1.29 is 36.3 Å². The number of halogens is 5. The maximum atomic E-state index is 13.4. The second kappa shape index (κ2) is 21.5. The van der Waals surface area contributed by atoms with Crippen molar-refractivity contribution in [3.05, 3.63) is 83.2 Å². The maximum Gasteiger partial charge on any atom is 0.401 e. The minimum Gasteiger partial charge on any atom is -0.384 e. The molecular formula is C38H52F5N7O3. The molecule has 1 saturated heterocycles. The Morgan fingerprint density at radius 1 is 0.943 bits per heavy atom. The molecule has 4 unspecified atom stereocenters. The highest BCUT2D eigenvalue weighted by Gasteiger charge is 2.27. The summed E-state index contributed by atoms with van der Waals surface area (Å²) in [6.45, 7) is 10.3. The minimum atomic E-state index is -4.17. The standard InChI is InChI=1S/C26H34F2N4O3.C12H18F3N3/c1-3-4-23(30-25(33)15-20-13-21(27)16-22(28)14-20)26(34)31-24-8-7-19(17-29-24)6-5-18(2)32-9-11-35-12-10-32;1-8(10-3-4-11(16)17-6-10)5-9(2)18-7-12(13,14)15/h7-8,13-14,16-18,23H,3-6,9-12,15H2,1-2H3,(H,30,33)(H,29,31,34);3-4,6,8-9,18H,5,7H2,1-2H3,(H2,16,17). The zero-order chi connectivity index (χ0) is 39.0. The van der Waals surface area contributed by atoms with Crippen LogP contribution in [0.1, 0.15) is 76.0 Å². The third-order valence-electron chi connectivity index (χ3n) is 8.85. The van der Waals surface area contributed by atoms with E-state index >= 15 is 0 Å². The molecule has 4 rings (SSSR count). The number of alkyl halides is 3. The van der Waals surface area contributed by atoms with Crippen LogP contribution in [0.2, 0.25) is 0 Å². The number of rotatable bonds is 16. The van der Waals surface area contributed by atoms with Crippen LogP contribution >= 0.6 is 0 Å². The van der Waals surface area contributed by atoms with Gasteiger partial charge in [-0.2, -0.15) is 13.2 Å². The Balaban J connectivity index is 0.000000353. The number of nitrogens with one attached hydrogen (secondary N) is 3. The molecule has 0 bridgehead atoms. The number of carbonyl (C=O) groups is 2. The second-order valence-corrected chi connectivity index (χ2v) is 13.5. The average molecular weight is 750 g/mol. The molecule has 5 N–H and O–H groups in total. The summed E-state index contributed by atoms with van der Waals surface area (Å²) in [5.74, 6) is -1.39. The van der Waals surface area contributed by atoms with Crippen molar-refractivity contribution in [2.45, 2.75) is 96.4 Å². The predicted octanol–water partition coefficient (Wildman–Crippen LogP) is 6.18. The first-order chi connectivity index (χ1) is 25.1. The molecule has 0 radical (unpaired) electrons. The fraction of sp³-hybridized carbons (Fsp3) is 0.526. The molecule has 2 aromatic heterocycles. The number of nitrogen functional groups attached to an aromatic ring is 1. The highest BCUT2D eigenvalue weighted by atomic mass is 19.4. The quantitative estimate of drug-likeness (QED) is 0.128. The number of morpholine rings is 1. The SMILES string of the molecule is CC(CC(C)c1ccc(N)nc1)NCC(F)(F)F.CCCC(NC(=O)Cc1cc(F)cc(F)c1)C(=O)Nc1ccc(CCC(C)N2CCOCC2)cn1. The van der Waals surface area contributed by atoms with Gasteiger partial charge < -0.3 is 26.4 Å². The van der Waals surface area contributed by atoms with Gasteiger partial charge in [-0.3, -0.25) is 14.5 Å². The molecule has 1 aliphatic heterocycles. The lowest BCUT2D eigenvalue weighted by atomic mass is 9.96. The normalized spacial score (nSPS) is 15.7. The van der Waals surface area contributed by atoms with Gasteiger partial charge in [0.05, 0.1) is 26.2 Å². The van der Waals surface area contributed by atoms with Crippen molar-refractivity contribution in [1.82, 2.24) is 25.5 Å². The summed E-state index contributed by atoms with van der Waals surface area (Å²) in [7, 11) is 0. The van der Waals surface area contributed by atoms with E-state index in [2.05, 4.69) is 37.7 Å². The zero-order valence-corrected chi connectivity index (χ0v) is 30.8. The summed E-state index contributed by atoms with van der Waals surface area (Å²) in [4.78, 5) is 35.9. The zero-order valence-electron chi connectivity index (χ0n) is 30.8. The third-order valence-corrected chi connectivity index (χ3v) is 8.85. The molecule has 15 heteroatoms. The van der Waals surface area contributed by atoms with Crippen molar-refractivity contribution in [2.75, 3.05) is 43.9 Å². The maximum absolute atomic E-state index is 13.4. The van der Waals surface area contributed by atoms with E-state index in [0.717, 1.165) is 68.5 Å². The van der Waals surface area contributed by atoms with Gasteiger partial charge in [0.25, 0.3) is 0 Å². The average Bonchev–Trinajstić information content (AvgIpc) is 3.10. The number of pyridine rings is 2. The van der Waals surface area contributed by atoms with Crippen LogP contribution in [0.15, 0.2) is 54.9 Å². The fourth-order valence-electron chi connectivity index (χ4n) is 5.89. The number of hydrogen-bond donors (Lipinski definition) is 4. The number of carbonyl (C=O) groups excluding carboxylic acids is 2. The summed E-state index contributed by atoms with van der Waals surface area (Å²) in [5, 5.41) is 7.88. The van der Waals surface area contributed by atoms with Gasteiger partial charge in [0.15, 0.2) is 0 Å². The summed E-state index contributed by atoms with van der Waals surface area (Å²) in [6.07, 6.45) is 2.62. The molecule has 2 amide bonds. The van der Waals surface area contributed by atoms with Crippen LogP contribution in [0, 0.1) is 11.6 Å². The topological polar surface area (TPSA) is 134 Å². The molecule has 3 heterocycles. The highest BCUT2D eigenvalue weighted by molar-refractivity contribution is 5.96. The van der Waals surface area contributed by atoms with E-state index in [1.807, 2.05) is 26.0 Å². The molecule has 3 aromatic rings. The lowest BCUT2D eigenvalue weighted by Crippen LogP contribution is -2.44. The summed E-state index contributed by atoms with van der Waals surface area (Å²) in [5.41, 5.74) is 7.74. The van der Waals surface area contributed by atoms with Gasteiger partial charge in [-0.25, -0.2) is 18.7 Å². The van der Waals surface area contributed by atoms with Crippen LogP contribution in [0.25, 0.3) is 0 Å². The molecule has 0 spiro atoms. The largest absolute Gasteiger partial charge is 0.401 e. The number of aromatic nitrogens is 2. The van der Waals surface area contributed by atoms with Crippen LogP contribution < -0.4 is 21.7 Å². The summed E-state index contributed by atoms with van der Waals surface area (Å²) < 4.78 is 68.3. The van der Waals surface area contributed by atoms with E-state index < -0.39 is 36.3 Å². The van der Waals surface area contributed by atoms with E-state index in [9.17, 15) is 31.5 Å². The van der Waals surface area contributed by atoms with Crippen molar-refractivity contribution in [2.24, 2.45) is 0 Å². The van der Waals surface area contributed by atoms with Crippen molar-refractivity contribution >= 4 is 23.5 Å². The second-order valence-electron chi connectivity index (χ2n) is 13.5. The number of amides is 2. The number of nitrogens with zero attached hydrogens (tertiary/aromatic N) is 3. The summed E-state index contributed by atoms with van der Waals surface area (Å²) >= 11 is 0. The first-order valence-corrected chi connectivity index (χ1v) is 17.9. The number of benzene rings is 1. The van der Waals surface area contributed by atoms with Gasteiger partial charge in [-0.15, -0.1) is 0 Å². The number of nitrogens with two attached hydrogens (primary N) is 1. The van der Waals surface area contributed by atoms with Crippen LogP contribution in [0.5, 0.6) is 0 Å². The van der Waals surface area contributed by atoms with Crippen LogP contribution in [0.4, 0.5) is 33.6 Å². The fourth-order valence-corrected chi connectivity index (χ4v) is 5.89. The Kier molecular flexibility index (Phi) is 17.5. The molecule has 0 saturated carbocycles. The molecule has 10 nitrogen and oxygen atoms in total. The molecule has 1 aliphatic rings. The minimum absolute atomic E-state index is 0.133. The lowest BCUT2D eigenvalue weighted by molar-refractivity contribution is -0.126. The number of ether oxygens (including phenoxy) is 1. The van der Waals surface area contributed by atoms with Crippen molar-refractivity contribution in [1.29, 1.82) is 0 Å². The van der Waals surface area contributed by atoms with Crippen LogP contribution in [-0.4, -0.2) is 83.8 Å². The first-order valence-electron chi connectivity index (χ1n) is 17.9. The van der Waals surface area contributed by atoms with E-state index in [0.29, 0.717) is 36.9 Å². The molecule has 1 fully saturated rings. The number of anilines is 2. The lowest BCUT2D eigenvalue weighted by Gasteiger charge is -2.32. The molecule has 292 valence electrons. The number of hydrogen-bond acceptors (Lipinski definition) is 8. The predicted molar refractivity (Wildman–Crippen MR) is 195 cm³/mol.